The molecule has 0 spiro atoms. The van der Waals surface area contributed by atoms with Gasteiger partial charge in [0.05, 0.1) is 12.0 Å². The number of nitriles is 1. The van der Waals surface area contributed by atoms with Gasteiger partial charge >= 0.3 is 0 Å². The Morgan fingerprint density at radius 3 is 2.85 bits per heavy atom. The summed E-state index contributed by atoms with van der Waals surface area (Å²) in [7, 11) is 0. The zero-order valence-corrected chi connectivity index (χ0v) is 7.62. The van der Waals surface area contributed by atoms with Gasteiger partial charge in [-0.3, -0.25) is 4.79 Å². The zero-order chi connectivity index (χ0) is 9.68. The van der Waals surface area contributed by atoms with Crippen molar-refractivity contribution < 1.29 is 4.79 Å². The lowest BCUT2D eigenvalue weighted by Crippen LogP contribution is -2.43. The Morgan fingerprint density at radius 1 is 1.54 bits per heavy atom. The second kappa shape index (κ2) is 4.83. The van der Waals surface area contributed by atoms with E-state index in [-0.39, 0.29) is 24.4 Å². The number of carbonyl (C=O) groups excluding carboxylic acids is 1. The summed E-state index contributed by atoms with van der Waals surface area (Å²) in [6, 6.07) is 1.86. The molecular formula is C9H15N3O. The van der Waals surface area contributed by atoms with Crippen LogP contribution < -0.4 is 11.1 Å². The highest BCUT2D eigenvalue weighted by molar-refractivity contribution is 5.79. The van der Waals surface area contributed by atoms with Gasteiger partial charge in [0.15, 0.2) is 0 Å². The van der Waals surface area contributed by atoms with E-state index in [2.05, 4.69) is 5.32 Å². The van der Waals surface area contributed by atoms with E-state index in [9.17, 15) is 4.79 Å². The molecule has 13 heavy (non-hydrogen) atoms. The van der Waals surface area contributed by atoms with Crippen molar-refractivity contribution in [3.63, 3.8) is 0 Å². The molecule has 0 aliphatic heterocycles. The first-order valence-electron chi connectivity index (χ1n) is 4.66. The molecule has 0 heterocycles. The lowest BCUT2D eigenvalue weighted by Gasteiger charge is -2.26. The molecule has 0 aromatic rings. The highest BCUT2D eigenvalue weighted by atomic mass is 16.1. The van der Waals surface area contributed by atoms with E-state index in [1.807, 2.05) is 6.07 Å². The minimum Gasteiger partial charge on any atom is -0.343 e. The van der Waals surface area contributed by atoms with E-state index < -0.39 is 0 Å². The van der Waals surface area contributed by atoms with Crippen LogP contribution in [0, 0.1) is 17.2 Å². The Hall–Kier alpha value is -1.08. The summed E-state index contributed by atoms with van der Waals surface area (Å²) >= 11 is 0. The maximum absolute atomic E-state index is 11.4. The highest BCUT2D eigenvalue weighted by Gasteiger charge is 2.27. The van der Waals surface area contributed by atoms with Crippen molar-refractivity contribution in [1.82, 2.24) is 5.32 Å². The number of nitrogens with one attached hydrogen (secondary N) is 1. The molecule has 0 saturated heterocycles. The third-order valence-corrected chi connectivity index (χ3v) is 2.50. The molecule has 1 saturated carbocycles. The maximum atomic E-state index is 11.4. The van der Waals surface area contributed by atoms with Crippen molar-refractivity contribution in [1.29, 1.82) is 5.26 Å². The third kappa shape index (κ3) is 2.71. The first-order chi connectivity index (χ1) is 6.25. The van der Waals surface area contributed by atoms with Crippen molar-refractivity contribution in [2.75, 3.05) is 6.54 Å². The van der Waals surface area contributed by atoms with Gasteiger partial charge in [-0.25, -0.2) is 0 Å². The first kappa shape index (κ1) is 10.0. The van der Waals surface area contributed by atoms with E-state index in [1.54, 1.807) is 0 Å². The minimum atomic E-state index is -0.0814. The monoisotopic (exact) mass is 181 g/mol. The molecule has 2 atom stereocenters. The van der Waals surface area contributed by atoms with Crippen LogP contribution in [0.4, 0.5) is 0 Å². The minimum absolute atomic E-state index is 0.0209. The number of hydrogen-bond acceptors (Lipinski definition) is 3. The van der Waals surface area contributed by atoms with Crippen LogP contribution in [0.3, 0.4) is 0 Å². The molecule has 72 valence electrons. The van der Waals surface area contributed by atoms with Gasteiger partial charge in [0.2, 0.25) is 5.91 Å². The lowest BCUT2D eigenvalue weighted by atomic mass is 9.84. The predicted octanol–water partition coefficient (Wildman–Crippen LogP) is 0.144. The second-order valence-corrected chi connectivity index (χ2v) is 3.43. The smallest absolute Gasteiger partial charge is 0.225 e. The fourth-order valence-electron chi connectivity index (χ4n) is 1.74. The topological polar surface area (TPSA) is 78.9 Å². The summed E-state index contributed by atoms with van der Waals surface area (Å²) in [6.45, 7) is 0.0854. The van der Waals surface area contributed by atoms with Gasteiger partial charge in [-0.15, -0.1) is 0 Å². The van der Waals surface area contributed by atoms with Crippen molar-refractivity contribution in [2.45, 2.75) is 31.7 Å². The largest absolute Gasteiger partial charge is 0.343 e. The van der Waals surface area contributed by atoms with Crippen LogP contribution in [0.2, 0.25) is 0 Å². The first-order valence-corrected chi connectivity index (χ1v) is 4.66. The van der Waals surface area contributed by atoms with E-state index in [0.717, 1.165) is 25.7 Å². The summed E-state index contributed by atoms with van der Waals surface area (Å²) in [4.78, 5) is 11.4. The molecule has 0 bridgehead atoms. The number of nitrogens with two attached hydrogens (primary N) is 1. The molecule has 1 aliphatic rings. The van der Waals surface area contributed by atoms with Gasteiger partial charge in [0.1, 0.15) is 6.54 Å². The van der Waals surface area contributed by atoms with Gasteiger partial charge in [0, 0.05) is 6.04 Å². The summed E-state index contributed by atoms with van der Waals surface area (Å²) in [5, 5.41) is 10.8. The summed E-state index contributed by atoms with van der Waals surface area (Å²) in [5.74, 6) is -0.143. The maximum Gasteiger partial charge on any atom is 0.225 e. The van der Waals surface area contributed by atoms with Crippen LogP contribution >= 0.6 is 0 Å². The quantitative estimate of drug-likeness (QED) is 0.595. The SMILES string of the molecule is N#CCNC(=O)C1CCCCC1N. The van der Waals surface area contributed by atoms with Crippen LogP contribution in [0.1, 0.15) is 25.7 Å². The molecule has 0 radical (unpaired) electrons. The Morgan fingerprint density at radius 2 is 2.23 bits per heavy atom. The number of amides is 1. The molecule has 2 unspecified atom stereocenters. The van der Waals surface area contributed by atoms with Crippen LogP contribution in [0.5, 0.6) is 0 Å². The predicted molar refractivity (Wildman–Crippen MR) is 48.6 cm³/mol. The van der Waals surface area contributed by atoms with Gasteiger partial charge in [-0.1, -0.05) is 12.8 Å². The van der Waals surface area contributed by atoms with Crippen molar-refractivity contribution in [2.24, 2.45) is 11.7 Å². The van der Waals surface area contributed by atoms with E-state index >= 15 is 0 Å². The molecule has 3 N–H and O–H groups in total. The molecule has 1 rings (SSSR count). The van der Waals surface area contributed by atoms with E-state index in [4.69, 9.17) is 11.0 Å². The fourth-order valence-corrected chi connectivity index (χ4v) is 1.74. The Balaban J connectivity index is 2.40. The Labute approximate surface area is 78.1 Å². The number of nitrogens with zero attached hydrogens (tertiary/aromatic N) is 1. The van der Waals surface area contributed by atoms with Gasteiger partial charge in [-0.2, -0.15) is 5.26 Å². The van der Waals surface area contributed by atoms with Crippen molar-refractivity contribution in [3.8, 4) is 6.07 Å². The van der Waals surface area contributed by atoms with Gasteiger partial charge in [0.25, 0.3) is 0 Å². The van der Waals surface area contributed by atoms with E-state index in [1.165, 1.54) is 0 Å². The number of carbonyl (C=O) groups is 1. The fraction of sp³-hybridized carbons (Fsp3) is 0.778. The molecule has 0 aromatic carbocycles. The number of rotatable bonds is 2. The Bertz CT molecular complexity index is 221. The van der Waals surface area contributed by atoms with Gasteiger partial charge < -0.3 is 11.1 Å². The molecule has 0 aromatic heterocycles. The summed E-state index contributed by atoms with van der Waals surface area (Å²) in [6.07, 6.45) is 3.96. The molecule has 1 amide bonds. The van der Waals surface area contributed by atoms with Crippen LogP contribution in [0.25, 0.3) is 0 Å². The Kier molecular flexibility index (Phi) is 3.71. The van der Waals surface area contributed by atoms with Crippen molar-refractivity contribution in [3.05, 3.63) is 0 Å². The normalized spacial score (nSPS) is 27.7. The average Bonchev–Trinajstić information content (AvgIpc) is 2.15. The molecule has 1 fully saturated rings. The lowest BCUT2D eigenvalue weighted by molar-refractivity contribution is -0.126. The average molecular weight is 181 g/mol. The zero-order valence-electron chi connectivity index (χ0n) is 7.62. The van der Waals surface area contributed by atoms with Crippen LogP contribution in [0.15, 0.2) is 0 Å². The second-order valence-electron chi connectivity index (χ2n) is 3.43. The molecule has 4 nitrogen and oxygen atoms in total. The summed E-state index contributed by atoms with van der Waals surface area (Å²) in [5.41, 5.74) is 5.81. The van der Waals surface area contributed by atoms with E-state index in [0.29, 0.717) is 0 Å². The standard InChI is InChI=1S/C9H15N3O/c10-5-6-12-9(13)7-3-1-2-4-8(7)11/h7-8H,1-4,6,11H2,(H,12,13). The summed E-state index contributed by atoms with van der Waals surface area (Å²) < 4.78 is 0. The van der Waals surface area contributed by atoms with Crippen LogP contribution in [-0.4, -0.2) is 18.5 Å². The van der Waals surface area contributed by atoms with Crippen LogP contribution in [-0.2, 0) is 4.79 Å². The van der Waals surface area contributed by atoms with Crippen molar-refractivity contribution >= 4 is 5.91 Å². The number of hydrogen-bond donors (Lipinski definition) is 2. The third-order valence-electron chi connectivity index (χ3n) is 2.50. The highest BCUT2D eigenvalue weighted by Crippen LogP contribution is 2.22. The molecule has 4 heteroatoms. The van der Waals surface area contributed by atoms with Gasteiger partial charge in [-0.05, 0) is 12.8 Å². The molecule has 1 aliphatic carbocycles. The molecular weight excluding hydrogens is 166 g/mol.